The molecule has 0 saturated carbocycles. The van der Waals surface area contributed by atoms with Crippen LogP contribution in [0.4, 0.5) is 17.1 Å². The summed E-state index contributed by atoms with van der Waals surface area (Å²) in [4.78, 5) is -1.27. The molecule has 0 saturated heterocycles. The fourth-order valence-electron chi connectivity index (χ4n) is 2.49. The third kappa shape index (κ3) is 5.79. The van der Waals surface area contributed by atoms with Gasteiger partial charge in [-0.05, 0) is 29.7 Å². The first-order valence-corrected chi connectivity index (χ1v) is 10.3. The van der Waals surface area contributed by atoms with Gasteiger partial charge < -0.3 is 15.4 Å². The van der Waals surface area contributed by atoms with Crippen molar-refractivity contribution >= 4 is 48.1 Å². The standard InChI is InChI=1S/C16H13N3O7S2.2Na/c17-12-6-5-10-11(7-9(8-14(10)20)27(21,22)23)16(12)19-18-13-3-1-2-4-15(13)28(24,25)26;;/h1-8,20H,17H2,(H,21,22,23)(H,24,25,26);;/q;2*+1/p-2. The van der Waals surface area contributed by atoms with Crippen molar-refractivity contribution in [1.82, 2.24) is 0 Å². The Bertz CT molecular complexity index is 1340. The molecule has 30 heavy (non-hydrogen) atoms. The van der Waals surface area contributed by atoms with E-state index in [2.05, 4.69) is 10.2 Å². The molecule has 146 valence electrons. The van der Waals surface area contributed by atoms with Gasteiger partial charge in [-0.3, -0.25) is 4.55 Å². The van der Waals surface area contributed by atoms with E-state index in [-0.39, 0.29) is 86.9 Å². The van der Waals surface area contributed by atoms with E-state index in [0.29, 0.717) is 6.07 Å². The first-order chi connectivity index (χ1) is 13.0. The summed E-state index contributed by atoms with van der Waals surface area (Å²) in [7, 11) is -9.49. The van der Waals surface area contributed by atoms with Crippen LogP contribution in [0.1, 0.15) is 0 Å². The Kier molecular flexibility index (Phi) is 9.03. The first-order valence-electron chi connectivity index (χ1n) is 7.46. The van der Waals surface area contributed by atoms with Crippen molar-refractivity contribution in [3.8, 4) is 5.75 Å². The van der Waals surface area contributed by atoms with Crippen molar-refractivity contribution in [2.45, 2.75) is 9.79 Å². The third-order valence-electron chi connectivity index (χ3n) is 3.76. The molecule has 0 heterocycles. The number of fused-ring (bicyclic) bond motifs is 1. The summed E-state index contributed by atoms with van der Waals surface area (Å²) in [5, 5.41) is 19.7. The fourth-order valence-corrected chi connectivity index (χ4v) is 3.63. The van der Waals surface area contributed by atoms with Crippen molar-refractivity contribution in [3.05, 3.63) is 48.5 Å². The number of nitrogens with zero attached hydrogens (tertiary/aromatic N) is 2. The molecule has 0 radical (unpaired) electrons. The summed E-state index contributed by atoms with van der Waals surface area (Å²) >= 11 is 0. The van der Waals surface area contributed by atoms with Crippen LogP contribution in [0.3, 0.4) is 0 Å². The molecular formula is C16H11N3Na2O7S2. The zero-order valence-corrected chi connectivity index (χ0v) is 21.4. The van der Waals surface area contributed by atoms with Crippen molar-refractivity contribution in [2.75, 3.05) is 5.73 Å². The first kappa shape index (κ1) is 27.0. The topological polar surface area (TPSA) is 185 Å². The molecule has 3 aromatic carbocycles. The predicted molar refractivity (Wildman–Crippen MR) is 96.2 cm³/mol. The number of rotatable bonds is 4. The van der Waals surface area contributed by atoms with Gasteiger partial charge in [0.2, 0.25) is 0 Å². The molecule has 0 unspecified atom stereocenters. The third-order valence-corrected chi connectivity index (χ3v) is 5.48. The summed E-state index contributed by atoms with van der Waals surface area (Å²) in [5.41, 5.74) is 5.49. The van der Waals surface area contributed by atoms with Crippen LogP contribution in [0.5, 0.6) is 5.75 Å². The van der Waals surface area contributed by atoms with Gasteiger partial charge >= 0.3 is 59.1 Å². The van der Waals surface area contributed by atoms with Crippen LogP contribution in [-0.4, -0.2) is 25.9 Å². The van der Waals surface area contributed by atoms with Gasteiger partial charge in [0.05, 0.1) is 10.6 Å². The number of nitrogen functional groups attached to an aromatic ring is 1. The Morgan fingerprint density at radius 2 is 1.53 bits per heavy atom. The molecule has 0 bridgehead atoms. The van der Waals surface area contributed by atoms with Gasteiger partial charge in [-0.1, -0.05) is 30.0 Å². The van der Waals surface area contributed by atoms with Gasteiger partial charge in [0.15, 0.2) is 0 Å². The molecule has 0 aromatic heterocycles. The van der Waals surface area contributed by atoms with Gasteiger partial charge in [0, 0.05) is 5.39 Å². The number of hydrogen-bond acceptors (Lipinski definition) is 9. The van der Waals surface area contributed by atoms with Crippen LogP contribution in [0.15, 0.2) is 68.6 Å². The molecule has 0 aliphatic carbocycles. The van der Waals surface area contributed by atoms with Crippen molar-refractivity contribution in [3.63, 3.8) is 0 Å². The second kappa shape index (κ2) is 10.0. The van der Waals surface area contributed by atoms with Gasteiger partial charge in [-0.2, -0.15) is 8.42 Å². The van der Waals surface area contributed by atoms with E-state index in [1.807, 2.05) is 0 Å². The summed E-state index contributed by atoms with van der Waals surface area (Å²) in [5.74, 6) is -0.735. The minimum atomic E-state index is -4.92. The maximum Gasteiger partial charge on any atom is 1.00 e. The molecule has 0 fully saturated rings. The molecule has 0 atom stereocenters. The largest absolute Gasteiger partial charge is 1.00 e. The number of nitrogens with two attached hydrogens (primary N) is 1. The molecule has 3 N–H and O–H groups in total. The maximum atomic E-state index is 12.1. The van der Waals surface area contributed by atoms with E-state index in [9.17, 15) is 31.0 Å². The molecule has 0 aliphatic heterocycles. The van der Waals surface area contributed by atoms with Gasteiger partial charge in [-0.15, -0.1) is 10.2 Å². The Hall–Kier alpha value is -1.06. The average Bonchev–Trinajstić information content (AvgIpc) is 2.59. The number of hydrogen-bond donors (Lipinski definition) is 2. The van der Waals surface area contributed by atoms with E-state index in [1.165, 1.54) is 30.3 Å². The molecule has 0 spiro atoms. The maximum absolute atomic E-state index is 12.1. The van der Waals surface area contributed by atoms with Crippen molar-refractivity contribution in [2.24, 2.45) is 10.2 Å². The van der Waals surface area contributed by atoms with Gasteiger partial charge in [-0.25, -0.2) is 8.42 Å². The molecule has 0 aliphatic rings. The van der Waals surface area contributed by atoms with Crippen LogP contribution in [0, 0.1) is 0 Å². The Labute approximate surface area is 216 Å². The van der Waals surface area contributed by atoms with E-state index in [4.69, 9.17) is 5.73 Å². The Morgan fingerprint density at radius 1 is 0.900 bits per heavy atom. The quantitative estimate of drug-likeness (QED) is 0.169. The Balaban J connectivity index is 0.00000225. The number of benzene rings is 3. The summed E-state index contributed by atoms with van der Waals surface area (Å²) in [6.07, 6.45) is 0. The molecule has 3 aromatic rings. The number of anilines is 1. The zero-order chi connectivity index (χ0) is 20.7. The SMILES string of the molecule is Nc1ccc2c([O-])cc(S(=O)(=O)[O-])cc2c1N=Nc1ccccc1S(=O)(=O)O.[Na+].[Na+]. The molecule has 3 rings (SSSR count). The molecule has 14 heteroatoms. The predicted octanol–water partition coefficient (Wildman–Crippen LogP) is -3.93. The average molecular weight is 467 g/mol. The van der Waals surface area contributed by atoms with E-state index in [1.54, 1.807) is 0 Å². The second-order valence-corrected chi connectivity index (χ2v) is 8.39. The molecule has 10 nitrogen and oxygen atoms in total. The van der Waals surface area contributed by atoms with Gasteiger partial charge in [0.25, 0.3) is 10.1 Å². The normalized spacial score (nSPS) is 11.8. The van der Waals surface area contributed by atoms with E-state index < -0.39 is 35.8 Å². The van der Waals surface area contributed by atoms with E-state index in [0.717, 1.165) is 12.1 Å². The van der Waals surface area contributed by atoms with Crippen molar-refractivity contribution in [1.29, 1.82) is 0 Å². The Morgan fingerprint density at radius 3 is 2.13 bits per heavy atom. The minimum Gasteiger partial charge on any atom is -0.872 e. The fraction of sp³-hybridized carbons (Fsp3) is 0. The van der Waals surface area contributed by atoms with Crippen LogP contribution in [-0.2, 0) is 20.2 Å². The van der Waals surface area contributed by atoms with Crippen LogP contribution in [0.25, 0.3) is 10.8 Å². The number of azo groups is 1. The smallest absolute Gasteiger partial charge is 0.872 e. The van der Waals surface area contributed by atoms with Crippen LogP contribution < -0.4 is 70.0 Å². The summed E-state index contributed by atoms with van der Waals surface area (Å²) in [6.45, 7) is 0. The monoisotopic (exact) mass is 467 g/mol. The second-order valence-electron chi connectivity index (χ2n) is 5.62. The summed E-state index contributed by atoms with van der Waals surface area (Å²) < 4.78 is 66.0. The summed E-state index contributed by atoms with van der Waals surface area (Å²) in [6, 6.07) is 9.48. The van der Waals surface area contributed by atoms with E-state index >= 15 is 0 Å². The van der Waals surface area contributed by atoms with Gasteiger partial charge in [0.1, 0.15) is 26.4 Å². The molecule has 0 amide bonds. The van der Waals surface area contributed by atoms with Crippen LogP contribution >= 0.6 is 0 Å². The zero-order valence-electron chi connectivity index (χ0n) is 15.8. The van der Waals surface area contributed by atoms with Crippen LogP contribution in [0.2, 0.25) is 0 Å². The molecular weight excluding hydrogens is 456 g/mol. The minimum absolute atomic E-state index is 0. The van der Waals surface area contributed by atoms with Crippen molar-refractivity contribution < 1.29 is 90.2 Å².